The topological polar surface area (TPSA) is 56.6 Å². The van der Waals surface area contributed by atoms with Crippen LogP contribution in [0.15, 0.2) is 40.6 Å². The van der Waals surface area contributed by atoms with Crippen LogP contribution in [0.2, 0.25) is 0 Å². The van der Waals surface area contributed by atoms with E-state index < -0.39 is 0 Å². The molecule has 0 saturated heterocycles. The maximum absolute atomic E-state index is 11.5. The van der Waals surface area contributed by atoms with Crippen molar-refractivity contribution < 1.29 is 4.79 Å². The van der Waals surface area contributed by atoms with Crippen molar-refractivity contribution >= 4 is 46.8 Å². The highest BCUT2D eigenvalue weighted by molar-refractivity contribution is 7.71. The Morgan fingerprint density at radius 1 is 1.00 bits per heavy atom. The van der Waals surface area contributed by atoms with Gasteiger partial charge in [-0.2, -0.15) is 5.26 Å². The lowest BCUT2D eigenvalue weighted by atomic mass is 9.89. The Morgan fingerprint density at radius 3 is 2.45 bits per heavy atom. The number of fused-ring (bicyclic) bond motifs is 1. The predicted molar refractivity (Wildman–Crippen MR) is 132 cm³/mol. The Balaban J connectivity index is 0.000000158. The highest BCUT2D eigenvalue weighted by atomic mass is 32.1. The molecule has 0 radical (unpaired) electrons. The molecule has 31 heavy (non-hydrogen) atoms. The minimum atomic E-state index is 0.347. The van der Waals surface area contributed by atoms with Crippen molar-refractivity contribution in [2.75, 3.05) is 0 Å². The van der Waals surface area contributed by atoms with Gasteiger partial charge in [0.1, 0.15) is 10.7 Å². The number of aryl methyl sites for hydroxylation is 1. The number of carbonyl (C=O) groups excluding carboxylic acids is 1. The van der Waals surface area contributed by atoms with E-state index >= 15 is 0 Å². The summed E-state index contributed by atoms with van der Waals surface area (Å²) in [5.74, 6) is 0.347. The van der Waals surface area contributed by atoms with Crippen LogP contribution in [0.4, 0.5) is 0 Å². The molecule has 1 fully saturated rings. The normalized spacial score (nSPS) is 16.9. The molecule has 0 unspecified atom stereocenters. The number of aromatic nitrogens is 1. The smallest absolute Gasteiger partial charge is 0.158 e. The van der Waals surface area contributed by atoms with Gasteiger partial charge in [-0.05, 0) is 85.1 Å². The SMILES string of the molecule is N#Cc1c(-c2cccs2)c2c([nH]c1=S)CCCC2.O=C1CCCCC1=Cc1cccs1. The number of ketones is 1. The molecule has 3 aromatic rings. The van der Waals surface area contributed by atoms with Crippen molar-refractivity contribution in [3.05, 3.63) is 66.9 Å². The number of carbonyl (C=O) groups is 1. The number of H-pyrrole nitrogens is 1. The van der Waals surface area contributed by atoms with Gasteiger partial charge >= 0.3 is 0 Å². The first-order valence-corrected chi connectivity index (χ1v) is 12.8. The number of nitrogens with one attached hydrogen (secondary N) is 1. The van der Waals surface area contributed by atoms with Gasteiger partial charge in [0.15, 0.2) is 5.78 Å². The van der Waals surface area contributed by atoms with Gasteiger partial charge in [0.2, 0.25) is 0 Å². The number of hydrogen-bond donors (Lipinski definition) is 1. The van der Waals surface area contributed by atoms with E-state index in [9.17, 15) is 10.1 Å². The van der Waals surface area contributed by atoms with Gasteiger partial charge in [-0.3, -0.25) is 4.79 Å². The number of pyridine rings is 1. The molecule has 158 valence electrons. The van der Waals surface area contributed by atoms with Crippen molar-refractivity contribution in [1.82, 2.24) is 4.98 Å². The van der Waals surface area contributed by atoms with Crippen molar-refractivity contribution in [1.29, 1.82) is 5.26 Å². The number of nitriles is 1. The fourth-order valence-corrected chi connectivity index (χ4v) is 5.94. The second-order valence-electron chi connectivity index (χ2n) is 7.77. The van der Waals surface area contributed by atoms with E-state index in [0.29, 0.717) is 16.0 Å². The summed E-state index contributed by atoms with van der Waals surface area (Å²) in [6, 6.07) is 10.4. The number of rotatable bonds is 2. The van der Waals surface area contributed by atoms with Gasteiger partial charge in [-0.1, -0.05) is 24.4 Å². The minimum Gasteiger partial charge on any atom is -0.349 e. The first-order chi connectivity index (χ1) is 15.2. The van der Waals surface area contributed by atoms with Crippen molar-refractivity contribution in [3.8, 4) is 16.5 Å². The molecule has 0 spiro atoms. The molecule has 3 aromatic heterocycles. The second kappa shape index (κ2) is 10.3. The number of nitrogens with zero attached hydrogens (tertiary/aromatic N) is 1. The van der Waals surface area contributed by atoms with E-state index in [2.05, 4.69) is 23.2 Å². The van der Waals surface area contributed by atoms with Crippen LogP contribution in [0.25, 0.3) is 16.5 Å². The summed E-state index contributed by atoms with van der Waals surface area (Å²) in [6.45, 7) is 0. The number of allylic oxidation sites excluding steroid dienone is 1. The quantitative estimate of drug-likeness (QED) is 0.315. The van der Waals surface area contributed by atoms with Crippen LogP contribution in [0.3, 0.4) is 0 Å². The van der Waals surface area contributed by atoms with Crippen molar-refractivity contribution in [3.63, 3.8) is 0 Å². The molecular formula is C25H24N2OS3. The summed E-state index contributed by atoms with van der Waals surface area (Å²) in [7, 11) is 0. The fourth-order valence-electron chi connectivity index (χ4n) is 4.18. The average molecular weight is 465 g/mol. The zero-order chi connectivity index (χ0) is 21.6. The van der Waals surface area contributed by atoms with E-state index in [1.165, 1.54) is 35.4 Å². The van der Waals surface area contributed by atoms with Crippen LogP contribution < -0.4 is 0 Å². The van der Waals surface area contributed by atoms with Crippen LogP contribution in [-0.2, 0) is 17.6 Å². The van der Waals surface area contributed by atoms with Gasteiger partial charge in [0, 0.05) is 27.4 Å². The summed E-state index contributed by atoms with van der Waals surface area (Å²) in [5, 5.41) is 13.5. The predicted octanol–water partition coefficient (Wildman–Crippen LogP) is 7.50. The molecule has 1 saturated carbocycles. The molecule has 3 heterocycles. The highest BCUT2D eigenvalue weighted by Crippen LogP contribution is 2.36. The van der Waals surface area contributed by atoms with Crippen LogP contribution in [0.1, 0.15) is 60.2 Å². The Kier molecular flexibility index (Phi) is 7.29. The van der Waals surface area contributed by atoms with Crippen LogP contribution in [-0.4, -0.2) is 10.8 Å². The number of thiophene rings is 2. The van der Waals surface area contributed by atoms with Crippen molar-refractivity contribution in [2.24, 2.45) is 0 Å². The van der Waals surface area contributed by atoms with Gasteiger partial charge < -0.3 is 4.98 Å². The maximum Gasteiger partial charge on any atom is 0.158 e. The van der Waals surface area contributed by atoms with Gasteiger partial charge in [0.05, 0.1) is 5.56 Å². The molecule has 0 bridgehead atoms. The maximum atomic E-state index is 11.5. The molecule has 5 rings (SSSR count). The lowest BCUT2D eigenvalue weighted by Gasteiger charge is -2.19. The molecule has 3 nitrogen and oxygen atoms in total. The van der Waals surface area contributed by atoms with E-state index in [1.807, 2.05) is 29.0 Å². The minimum absolute atomic E-state index is 0.347. The molecule has 0 atom stereocenters. The molecule has 6 heteroatoms. The second-order valence-corrected chi connectivity index (χ2v) is 10.1. The lowest BCUT2D eigenvalue weighted by molar-refractivity contribution is -0.116. The number of hydrogen-bond acceptors (Lipinski definition) is 5. The number of Topliss-reactive ketones (excluding diaryl/α,β-unsaturated/α-hetero) is 1. The average Bonchev–Trinajstić information content (AvgIpc) is 3.49. The van der Waals surface area contributed by atoms with Crippen molar-refractivity contribution in [2.45, 2.75) is 51.4 Å². The summed E-state index contributed by atoms with van der Waals surface area (Å²) in [5.41, 5.74) is 5.26. The zero-order valence-corrected chi connectivity index (χ0v) is 19.7. The first-order valence-electron chi connectivity index (χ1n) is 10.7. The largest absolute Gasteiger partial charge is 0.349 e. The van der Waals surface area contributed by atoms with Gasteiger partial charge in [-0.25, -0.2) is 0 Å². The lowest BCUT2D eigenvalue weighted by Crippen LogP contribution is -2.09. The van der Waals surface area contributed by atoms with Crippen LogP contribution >= 0.6 is 34.9 Å². The summed E-state index contributed by atoms with van der Waals surface area (Å²) >= 11 is 8.69. The molecule has 1 N–H and O–H groups in total. The molecule has 0 aliphatic heterocycles. The Bertz CT molecular complexity index is 1180. The summed E-state index contributed by atoms with van der Waals surface area (Å²) in [6.07, 6.45) is 10.5. The van der Waals surface area contributed by atoms with E-state index in [4.69, 9.17) is 12.2 Å². The van der Waals surface area contributed by atoms with E-state index in [-0.39, 0.29) is 0 Å². The van der Waals surface area contributed by atoms with Gasteiger partial charge in [-0.15, -0.1) is 22.7 Å². The third-order valence-electron chi connectivity index (χ3n) is 5.71. The van der Waals surface area contributed by atoms with Crippen LogP contribution in [0.5, 0.6) is 0 Å². The monoisotopic (exact) mass is 464 g/mol. The Morgan fingerprint density at radius 2 is 1.74 bits per heavy atom. The third kappa shape index (κ3) is 5.12. The molecule has 2 aliphatic rings. The summed E-state index contributed by atoms with van der Waals surface area (Å²) < 4.78 is 0.585. The van der Waals surface area contributed by atoms with Gasteiger partial charge in [0.25, 0.3) is 0 Å². The first kappa shape index (κ1) is 21.9. The number of aromatic amines is 1. The fraction of sp³-hybridized carbons (Fsp3) is 0.320. The van der Waals surface area contributed by atoms with E-state index in [1.54, 1.807) is 22.7 Å². The molecule has 2 aliphatic carbocycles. The molecule has 0 aromatic carbocycles. The Hall–Kier alpha value is -2.33. The highest BCUT2D eigenvalue weighted by Gasteiger charge is 2.20. The van der Waals surface area contributed by atoms with E-state index in [0.717, 1.165) is 48.1 Å². The standard InChI is InChI=1S/C14H12N2S2.C11H12OS/c15-8-10-13(12-6-3-7-18-12)9-4-1-2-5-11(9)16-14(10)17;12-11-6-2-1-4-9(11)8-10-5-3-7-13-10/h3,6-7H,1-2,4-5H2,(H,16,17);3,5,7-8H,1-2,4,6H2. The Labute approximate surface area is 196 Å². The summed E-state index contributed by atoms with van der Waals surface area (Å²) in [4.78, 5) is 17.1. The molecular weight excluding hydrogens is 440 g/mol. The zero-order valence-electron chi connectivity index (χ0n) is 17.3. The molecule has 0 amide bonds. The van der Waals surface area contributed by atoms with Crippen LogP contribution in [0, 0.1) is 16.0 Å². The third-order valence-corrected chi connectivity index (χ3v) is 7.72.